The van der Waals surface area contributed by atoms with Crippen LogP contribution in [-0.2, 0) is 11.3 Å². The second kappa shape index (κ2) is 5.87. The highest BCUT2D eigenvalue weighted by Gasteiger charge is 2.14. The molecule has 0 unspecified atom stereocenters. The van der Waals surface area contributed by atoms with Gasteiger partial charge >= 0.3 is 5.97 Å². The summed E-state index contributed by atoms with van der Waals surface area (Å²) in [6.45, 7) is -0.213. The maximum absolute atomic E-state index is 13.6. The summed E-state index contributed by atoms with van der Waals surface area (Å²) < 4.78 is 15.2. The molecule has 1 amide bonds. The SMILES string of the molecule is O=C(Cn1cccc1C(=O)O)Nc1c(F)cccc1Br. The van der Waals surface area contributed by atoms with Crippen LogP contribution >= 0.6 is 15.9 Å². The van der Waals surface area contributed by atoms with E-state index in [1.165, 1.54) is 35.0 Å². The van der Waals surface area contributed by atoms with Gasteiger partial charge in [-0.15, -0.1) is 0 Å². The van der Waals surface area contributed by atoms with Crippen molar-refractivity contribution < 1.29 is 19.1 Å². The number of aromatic nitrogens is 1. The van der Waals surface area contributed by atoms with E-state index in [2.05, 4.69) is 21.2 Å². The van der Waals surface area contributed by atoms with Crippen molar-refractivity contribution in [2.24, 2.45) is 0 Å². The van der Waals surface area contributed by atoms with Crippen molar-refractivity contribution in [3.05, 3.63) is 52.5 Å². The number of carbonyl (C=O) groups excluding carboxylic acids is 1. The molecule has 0 saturated heterocycles. The number of hydrogen-bond donors (Lipinski definition) is 2. The van der Waals surface area contributed by atoms with Crippen LogP contribution in [0.25, 0.3) is 0 Å². The van der Waals surface area contributed by atoms with Crippen LogP contribution in [0.1, 0.15) is 10.5 Å². The summed E-state index contributed by atoms with van der Waals surface area (Å²) in [7, 11) is 0. The predicted molar refractivity (Wildman–Crippen MR) is 74.1 cm³/mol. The number of nitrogens with zero attached hydrogens (tertiary/aromatic N) is 1. The zero-order valence-electron chi connectivity index (χ0n) is 10.1. The van der Waals surface area contributed by atoms with Crippen LogP contribution in [0, 0.1) is 5.82 Å². The van der Waals surface area contributed by atoms with Gasteiger partial charge in [-0.3, -0.25) is 4.79 Å². The highest BCUT2D eigenvalue weighted by Crippen LogP contribution is 2.25. The van der Waals surface area contributed by atoms with E-state index in [-0.39, 0.29) is 17.9 Å². The Balaban J connectivity index is 2.14. The van der Waals surface area contributed by atoms with Crippen molar-refractivity contribution in [1.82, 2.24) is 4.57 Å². The molecule has 7 heteroatoms. The van der Waals surface area contributed by atoms with Crippen molar-refractivity contribution in [3.8, 4) is 0 Å². The molecule has 1 aromatic carbocycles. The topological polar surface area (TPSA) is 71.3 Å². The zero-order chi connectivity index (χ0) is 14.7. The number of anilines is 1. The fraction of sp³-hybridized carbons (Fsp3) is 0.0769. The molecule has 0 aliphatic rings. The lowest BCUT2D eigenvalue weighted by atomic mass is 10.3. The zero-order valence-corrected chi connectivity index (χ0v) is 11.7. The van der Waals surface area contributed by atoms with Crippen LogP contribution in [0.2, 0.25) is 0 Å². The molecular formula is C13H10BrFN2O3. The highest BCUT2D eigenvalue weighted by molar-refractivity contribution is 9.10. The number of aromatic carboxylic acids is 1. The number of hydrogen-bond acceptors (Lipinski definition) is 2. The molecule has 2 rings (SSSR count). The maximum Gasteiger partial charge on any atom is 0.352 e. The molecule has 1 aromatic heterocycles. The number of para-hydroxylation sites is 1. The monoisotopic (exact) mass is 340 g/mol. The van der Waals surface area contributed by atoms with Gasteiger partial charge in [0.05, 0.1) is 5.69 Å². The quantitative estimate of drug-likeness (QED) is 0.898. The average molecular weight is 341 g/mol. The minimum absolute atomic E-state index is 0.00671. The number of amides is 1. The van der Waals surface area contributed by atoms with Gasteiger partial charge in [-0.1, -0.05) is 6.07 Å². The standard InChI is InChI=1S/C13H10BrFN2O3/c14-8-3-1-4-9(15)12(8)16-11(18)7-17-6-2-5-10(17)13(19)20/h1-6H,7H2,(H,16,18)(H,19,20). The molecular weight excluding hydrogens is 331 g/mol. The van der Waals surface area contributed by atoms with Gasteiger partial charge in [-0.2, -0.15) is 0 Å². The molecule has 104 valence electrons. The lowest BCUT2D eigenvalue weighted by Crippen LogP contribution is -2.21. The smallest absolute Gasteiger partial charge is 0.352 e. The van der Waals surface area contributed by atoms with Gasteiger partial charge < -0.3 is 15.0 Å². The summed E-state index contributed by atoms with van der Waals surface area (Å²) in [5, 5.41) is 11.3. The second-order valence-electron chi connectivity index (χ2n) is 3.97. The first-order chi connectivity index (χ1) is 9.49. The van der Waals surface area contributed by atoms with Crippen LogP contribution in [0.3, 0.4) is 0 Å². The molecule has 0 aliphatic carbocycles. The molecule has 0 bridgehead atoms. The summed E-state index contributed by atoms with van der Waals surface area (Å²) in [6.07, 6.45) is 1.47. The number of halogens is 2. The van der Waals surface area contributed by atoms with E-state index in [0.29, 0.717) is 4.47 Å². The minimum atomic E-state index is -1.13. The van der Waals surface area contributed by atoms with Crippen molar-refractivity contribution >= 4 is 33.5 Å². The van der Waals surface area contributed by atoms with Crippen LogP contribution in [0.4, 0.5) is 10.1 Å². The molecule has 20 heavy (non-hydrogen) atoms. The second-order valence-corrected chi connectivity index (χ2v) is 4.83. The Hall–Kier alpha value is -2.15. The summed E-state index contributed by atoms with van der Waals surface area (Å²) in [6, 6.07) is 7.23. The Kier molecular flexibility index (Phi) is 4.19. The summed E-state index contributed by atoms with van der Waals surface area (Å²) in [5.41, 5.74) is 0.0225. The number of rotatable bonds is 4. The van der Waals surface area contributed by atoms with Crippen LogP contribution in [0.5, 0.6) is 0 Å². The Morgan fingerprint density at radius 1 is 1.30 bits per heavy atom. The van der Waals surface area contributed by atoms with E-state index in [4.69, 9.17) is 5.11 Å². The molecule has 5 nitrogen and oxygen atoms in total. The largest absolute Gasteiger partial charge is 0.477 e. The Morgan fingerprint density at radius 3 is 2.70 bits per heavy atom. The molecule has 0 aliphatic heterocycles. The Morgan fingerprint density at radius 2 is 2.05 bits per heavy atom. The van der Waals surface area contributed by atoms with E-state index in [0.717, 1.165) is 0 Å². The number of carbonyl (C=O) groups is 2. The van der Waals surface area contributed by atoms with Gasteiger partial charge in [0.25, 0.3) is 0 Å². The van der Waals surface area contributed by atoms with Crippen molar-refractivity contribution in [3.63, 3.8) is 0 Å². The van der Waals surface area contributed by atoms with Gasteiger partial charge in [0.2, 0.25) is 5.91 Å². The first kappa shape index (κ1) is 14.3. The molecule has 2 aromatic rings. The van der Waals surface area contributed by atoms with Crippen LogP contribution in [0.15, 0.2) is 41.0 Å². The molecule has 0 fully saturated rings. The minimum Gasteiger partial charge on any atom is -0.477 e. The molecule has 0 atom stereocenters. The number of benzene rings is 1. The van der Waals surface area contributed by atoms with E-state index in [1.807, 2.05) is 0 Å². The van der Waals surface area contributed by atoms with Crippen LogP contribution < -0.4 is 5.32 Å². The van der Waals surface area contributed by atoms with Gasteiger partial charge in [-0.25, -0.2) is 9.18 Å². The van der Waals surface area contributed by atoms with Gasteiger partial charge in [0, 0.05) is 10.7 Å². The normalized spacial score (nSPS) is 10.3. The predicted octanol–water partition coefficient (Wildman–Crippen LogP) is 2.73. The maximum atomic E-state index is 13.6. The van der Waals surface area contributed by atoms with Gasteiger partial charge in [0.1, 0.15) is 18.1 Å². The fourth-order valence-corrected chi connectivity index (χ4v) is 2.14. The van der Waals surface area contributed by atoms with Crippen molar-refractivity contribution in [2.75, 3.05) is 5.32 Å². The third-order valence-corrected chi connectivity index (χ3v) is 3.25. The third-order valence-electron chi connectivity index (χ3n) is 2.59. The Labute approximate surface area is 122 Å². The van der Waals surface area contributed by atoms with E-state index < -0.39 is 17.7 Å². The number of carboxylic acids is 1. The summed E-state index contributed by atoms with van der Waals surface area (Å²) in [5.74, 6) is -2.22. The van der Waals surface area contributed by atoms with E-state index in [1.54, 1.807) is 6.07 Å². The number of carboxylic acid groups (broad SMARTS) is 1. The van der Waals surface area contributed by atoms with E-state index >= 15 is 0 Å². The average Bonchev–Trinajstić information content (AvgIpc) is 2.82. The molecule has 0 radical (unpaired) electrons. The highest BCUT2D eigenvalue weighted by atomic mass is 79.9. The molecule has 2 N–H and O–H groups in total. The molecule has 1 heterocycles. The lowest BCUT2D eigenvalue weighted by molar-refractivity contribution is -0.116. The summed E-state index contributed by atoms with van der Waals surface area (Å²) in [4.78, 5) is 22.8. The lowest BCUT2D eigenvalue weighted by Gasteiger charge is -2.10. The first-order valence-electron chi connectivity index (χ1n) is 5.61. The Bertz CT molecular complexity index is 649. The fourth-order valence-electron chi connectivity index (χ4n) is 1.70. The summed E-state index contributed by atoms with van der Waals surface area (Å²) >= 11 is 3.14. The first-order valence-corrected chi connectivity index (χ1v) is 6.40. The van der Waals surface area contributed by atoms with Gasteiger partial charge in [0.15, 0.2) is 0 Å². The molecule has 0 spiro atoms. The van der Waals surface area contributed by atoms with Crippen molar-refractivity contribution in [2.45, 2.75) is 6.54 Å². The molecule has 0 saturated carbocycles. The third kappa shape index (κ3) is 3.05. The van der Waals surface area contributed by atoms with Crippen molar-refractivity contribution in [1.29, 1.82) is 0 Å². The number of nitrogens with one attached hydrogen (secondary N) is 1. The van der Waals surface area contributed by atoms with Crippen LogP contribution in [-0.4, -0.2) is 21.6 Å². The van der Waals surface area contributed by atoms with Gasteiger partial charge in [-0.05, 0) is 40.2 Å². The van der Waals surface area contributed by atoms with E-state index in [9.17, 15) is 14.0 Å².